The molecule has 0 aromatic heterocycles. The average Bonchev–Trinajstić information content (AvgIpc) is 2.70. The Balaban J connectivity index is 2.41. The molecule has 1 aliphatic heterocycles. The second kappa shape index (κ2) is 11.0. The van der Waals surface area contributed by atoms with Crippen molar-refractivity contribution in [1.29, 1.82) is 0 Å². The molecule has 0 aliphatic carbocycles. The van der Waals surface area contributed by atoms with Gasteiger partial charge in [0.15, 0.2) is 0 Å². The van der Waals surface area contributed by atoms with Gasteiger partial charge in [-0.15, -0.1) is 0 Å². The first-order valence-corrected chi connectivity index (χ1v) is 12.4. The van der Waals surface area contributed by atoms with Crippen molar-refractivity contribution in [2.75, 3.05) is 19.7 Å². The number of carbonyl (C=O) groups is 1. The highest BCUT2D eigenvalue weighted by molar-refractivity contribution is 7.85. The zero-order valence-corrected chi connectivity index (χ0v) is 21.8. The third-order valence-electron chi connectivity index (χ3n) is 4.89. The highest BCUT2D eigenvalue weighted by atomic mass is 35.5. The maximum atomic E-state index is 14.2. The van der Waals surface area contributed by atoms with E-state index < -0.39 is 27.2 Å². The van der Waals surface area contributed by atoms with Crippen LogP contribution in [0.5, 0.6) is 5.75 Å². The first-order valence-electron chi connectivity index (χ1n) is 10.9. The Morgan fingerprint density at radius 1 is 1.27 bits per heavy atom. The lowest BCUT2D eigenvalue weighted by Crippen LogP contribution is -2.43. The molecule has 1 saturated heterocycles. The van der Waals surface area contributed by atoms with E-state index in [1.54, 1.807) is 11.0 Å². The molecule has 33 heavy (non-hydrogen) atoms. The molecule has 0 spiro atoms. The SMILES string of the molecule is C=CCOc1cc(F)c(Cl)cc1/C(=N/[S@@](=O)C(C)(C)C)C1CCN(C(=O)OC(C)(C)C)CC1. The van der Waals surface area contributed by atoms with E-state index in [4.69, 9.17) is 21.1 Å². The molecule has 2 rings (SSSR count). The van der Waals surface area contributed by atoms with Crippen molar-refractivity contribution in [3.63, 3.8) is 0 Å². The fourth-order valence-electron chi connectivity index (χ4n) is 3.23. The van der Waals surface area contributed by atoms with Crippen LogP contribution in [0.15, 0.2) is 29.2 Å². The molecule has 1 amide bonds. The quantitative estimate of drug-likeness (QED) is 0.358. The molecule has 1 atom stereocenters. The van der Waals surface area contributed by atoms with Crippen molar-refractivity contribution < 1.29 is 22.9 Å². The number of hydrogen-bond acceptors (Lipinski definition) is 4. The Bertz CT molecular complexity index is 930. The van der Waals surface area contributed by atoms with Gasteiger partial charge in [-0.1, -0.05) is 24.3 Å². The van der Waals surface area contributed by atoms with Crippen LogP contribution < -0.4 is 4.74 Å². The van der Waals surface area contributed by atoms with Crippen LogP contribution in [0.25, 0.3) is 0 Å². The molecule has 1 aromatic carbocycles. The normalized spacial score (nSPS) is 17.0. The molecule has 1 aliphatic rings. The Kier molecular flexibility index (Phi) is 9.10. The van der Waals surface area contributed by atoms with E-state index in [0.29, 0.717) is 37.2 Å². The number of hydrogen-bond donors (Lipinski definition) is 0. The summed E-state index contributed by atoms with van der Waals surface area (Å²) in [7, 11) is -1.56. The van der Waals surface area contributed by atoms with E-state index in [0.717, 1.165) is 0 Å². The number of likely N-dealkylation sites (tertiary alicyclic amines) is 1. The first kappa shape index (κ1) is 27.3. The fourth-order valence-corrected chi connectivity index (χ4v) is 4.09. The summed E-state index contributed by atoms with van der Waals surface area (Å²) in [5.74, 6) is -0.478. The Morgan fingerprint density at radius 2 is 1.88 bits per heavy atom. The number of rotatable bonds is 6. The van der Waals surface area contributed by atoms with Crippen molar-refractivity contribution in [2.24, 2.45) is 10.3 Å². The summed E-state index contributed by atoms with van der Waals surface area (Å²) in [4.78, 5) is 14.1. The Labute approximate surface area is 203 Å². The zero-order chi connectivity index (χ0) is 25.0. The zero-order valence-electron chi connectivity index (χ0n) is 20.2. The topological polar surface area (TPSA) is 68.2 Å². The molecular weight excluding hydrogens is 467 g/mol. The molecule has 0 saturated carbocycles. The van der Waals surface area contributed by atoms with Gasteiger partial charge in [-0.05, 0) is 60.5 Å². The lowest BCUT2D eigenvalue weighted by atomic mass is 9.88. The minimum atomic E-state index is -1.56. The molecule has 0 N–H and O–H groups in total. The van der Waals surface area contributed by atoms with Crippen molar-refractivity contribution in [3.8, 4) is 5.75 Å². The van der Waals surface area contributed by atoms with Crippen molar-refractivity contribution in [3.05, 3.63) is 41.2 Å². The maximum absolute atomic E-state index is 14.2. The second-order valence-corrected chi connectivity index (χ2v) is 12.3. The molecule has 9 heteroatoms. The first-order chi connectivity index (χ1) is 15.2. The molecule has 184 valence electrons. The van der Waals surface area contributed by atoms with Crippen LogP contribution in [0.4, 0.5) is 9.18 Å². The predicted octanol–water partition coefficient (Wildman–Crippen LogP) is 5.94. The molecule has 1 aromatic rings. The fraction of sp³-hybridized carbons (Fsp3) is 0.583. The number of carbonyl (C=O) groups excluding carboxylic acids is 1. The Hall–Kier alpha value is -1.93. The van der Waals surface area contributed by atoms with Crippen LogP contribution >= 0.6 is 11.6 Å². The molecule has 0 radical (unpaired) electrons. The van der Waals surface area contributed by atoms with Crippen molar-refractivity contribution in [1.82, 2.24) is 4.90 Å². The van der Waals surface area contributed by atoms with Crippen LogP contribution in [0.1, 0.15) is 59.9 Å². The summed E-state index contributed by atoms with van der Waals surface area (Å²) in [5.41, 5.74) is 0.455. The molecule has 1 heterocycles. The van der Waals surface area contributed by atoms with Crippen LogP contribution in [0.2, 0.25) is 5.02 Å². The minimum absolute atomic E-state index is 0.0728. The number of benzene rings is 1. The van der Waals surface area contributed by atoms with Gasteiger partial charge >= 0.3 is 6.09 Å². The lowest BCUT2D eigenvalue weighted by molar-refractivity contribution is 0.0202. The largest absolute Gasteiger partial charge is 0.489 e. The highest BCUT2D eigenvalue weighted by Gasteiger charge is 2.32. The minimum Gasteiger partial charge on any atom is -0.489 e. The Morgan fingerprint density at radius 3 is 2.39 bits per heavy atom. The summed E-state index contributed by atoms with van der Waals surface area (Å²) in [6.45, 7) is 15.7. The third-order valence-corrected chi connectivity index (χ3v) is 6.59. The summed E-state index contributed by atoms with van der Waals surface area (Å²) < 4.78 is 42.4. The monoisotopic (exact) mass is 500 g/mol. The lowest BCUT2D eigenvalue weighted by Gasteiger charge is -2.34. The third kappa shape index (κ3) is 7.81. The predicted molar refractivity (Wildman–Crippen MR) is 132 cm³/mol. The van der Waals surface area contributed by atoms with E-state index in [-0.39, 0.29) is 29.4 Å². The number of ether oxygens (including phenoxy) is 2. The molecule has 0 unspecified atom stereocenters. The van der Waals surface area contributed by atoms with Gasteiger partial charge in [0.1, 0.15) is 34.8 Å². The number of amides is 1. The van der Waals surface area contributed by atoms with Gasteiger partial charge in [-0.3, -0.25) is 0 Å². The van der Waals surface area contributed by atoms with Crippen LogP contribution in [-0.4, -0.2) is 51.0 Å². The van der Waals surface area contributed by atoms with E-state index in [1.165, 1.54) is 12.1 Å². The van der Waals surface area contributed by atoms with Crippen molar-refractivity contribution >= 4 is 34.4 Å². The van der Waals surface area contributed by atoms with Crippen molar-refractivity contribution in [2.45, 2.75) is 64.7 Å². The van der Waals surface area contributed by atoms with E-state index in [2.05, 4.69) is 11.0 Å². The molecule has 0 bridgehead atoms. The standard InChI is InChI=1S/C24H34ClFN2O4S/c1-8-13-31-20-15-19(26)18(25)14-17(20)21(27-33(30)24(5,6)7)16-9-11-28(12-10-16)22(29)32-23(2,3)4/h8,14-16H,1,9-13H2,2-7H3/b27-21+/t33-/m0/s1. The smallest absolute Gasteiger partial charge is 0.410 e. The summed E-state index contributed by atoms with van der Waals surface area (Å²) in [5, 5.41) is -0.0728. The maximum Gasteiger partial charge on any atom is 0.410 e. The average molecular weight is 501 g/mol. The van der Waals surface area contributed by atoms with Gasteiger partial charge in [0.05, 0.1) is 15.5 Å². The number of piperidine rings is 1. The number of nitrogens with zero attached hydrogens (tertiary/aromatic N) is 2. The van der Waals surface area contributed by atoms with Gasteiger partial charge < -0.3 is 14.4 Å². The molecule has 1 fully saturated rings. The number of halogens is 2. The van der Waals surface area contributed by atoms with E-state index in [9.17, 15) is 13.4 Å². The van der Waals surface area contributed by atoms with Crippen LogP contribution in [0, 0.1) is 11.7 Å². The van der Waals surface area contributed by atoms with Gasteiger partial charge in [-0.2, -0.15) is 4.40 Å². The summed E-state index contributed by atoms with van der Waals surface area (Å²) >= 11 is 6.10. The highest BCUT2D eigenvalue weighted by Crippen LogP contribution is 2.33. The van der Waals surface area contributed by atoms with Gasteiger partial charge in [-0.25, -0.2) is 13.4 Å². The van der Waals surface area contributed by atoms with Gasteiger partial charge in [0.2, 0.25) is 0 Å². The van der Waals surface area contributed by atoms with Gasteiger partial charge in [0.25, 0.3) is 0 Å². The van der Waals surface area contributed by atoms with E-state index >= 15 is 0 Å². The van der Waals surface area contributed by atoms with E-state index in [1.807, 2.05) is 41.5 Å². The van der Waals surface area contributed by atoms with Crippen LogP contribution in [-0.2, 0) is 15.7 Å². The van der Waals surface area contributed by atoms with Gasteiger partial charge in [0, 0.05) is 30.6 Å². The molecule has 6 nitrogen and oxygen atoms in total. The van der Waals surface area contributed by atoms with Crippen LogP contribution in [0.3, 0.4) is 0 Å². The summed E-state index contributed by atoms with van der Waals surface area (Å²) in [6, 6.07) is 2.68. The second-order valence-electron chi connectivity index (χ2n) is 9.94. The summed E-state index contributed by atoms with van der Waals surface area (Å²) in [6.07, 6.45) is 2.35. The molecular formula is C24H34ClFN2O4S.